The van der Waals surface area contributed by atoms with Crippen molar-refractivity contribution in [3.05, 3.63) is 144 Å². The molecule has 0 saturated heterocycles. The van der Waals surface area contributed by atoms with Gasteiger partial charge < -0.3 is 0 Å². The van der Waals surface area contributed by atoms with Gasteiger partial charge in [-0.15, -0.1) is 0 Å². The Morgan fingerprint density at radius 1 is 0.692 bits per heavy atom. The van der Waals surface area contributed by atoms with Crippen LogP contribution in [0.25, 0.3) is 27.1 Å². The molecule has 0 bridgehead atoms. The molecule has 0 amide bonds. The summed E-state index contributed by atoms with van der Waals surface area (Å²) < 4.78 is 0. The molecule has 2 aliphatic carbocycles. The Hall–Kier alpha value is -3.55. The molecule has 1 saturated carbocycles. The van der Waals surface area contributed by atoms with Gasteiger partial charge in [0.2, 0.25) is 0 Å². The molecule has 2 aliphatic rings. The Bertz CT molecular complexity index is 1700. The van der Waals surface area contributed by atoms with Gasteiger partial charge in [0.05, 0.1) is 0 Å². The van der Waals surface area contributed by atoms with Crippen LogP contribution in [0.15, 0.2) is 126 Å². The molecule has 0 nitrogen and oxygen atoms in total. The Morgan fingerprint density at radius 2 is 1.36 bits per heavy atom. The molecular weight excluding hydrogens is 488 g/mol. The minimum atomic E-state index is -0.533. The zero-order valence-electron chi connectivity index (χ0n) is 23.5. The van der Waals surface area contributed by atoms with Crippen LogP contribution in [-0.2, 0) is 6.42 Å². The van der Waals surface area contributed by atoms with Gasteiger partial charge in [0.25, 0.3) is 0 Å². The minimum Gasteiger partial charge on any atom is -0.223 e. The third-order valence-electron chi connectivity index (χ3n) is 8.13. The van der Waals surface area contributed by atoms with Crippen molar-refractivity contribution in [3.8, 4) is 0 Å². The standard InChI is InChI=1S/C28H22.C10H16S/c1-2-6-25-21(4-1)14-15-23-13-10-20(17-27(23)25)16-19-8-11-22(12-9-19)26-7-3-5-24-18-28(24)26;1-9-7-5-6-8-10(9)11(2,3)4/h1-15,17,24,28H,16,18H2;5-8H,1-4H3. The van der Waals surface area contributed by atoms with Crippen LogP contribution in [0, 0.1) is 18.8 Å². The fourth-order valence-electron chi connectivity index (χ4n) is 5.97. The van der Waals surface area contributed by atoms with Gasteiger partial charge in [-0.3, -0.25) is 0 Å². The molecule has 7 rings (SSSR count). The summed E-state index contributed by atoms with van der Waals surface area (Å²) in [6, 6.07) is 37.9. The molecule has 39 heavy (non-hydrogen) atoms. The van der Waals surface area contributed by atoms with E-state index < -0.39 is 10.0 Å². The number of aryl methyl sites for hydroxylation is 1. The van der Waals surface area contributed by atoms with Gasteiger partial charge in [0.15, 0.2) is 0 Å². The monoisotopic (exact) mass is 526 g/mol. The molecule has 0 N–H and O–H groups in total. The first-order valence-electron chi connectivity index (χ1n) is 14.0. The van der Waals surface area contributed by atoms with Crippen molar-refractivity contribution in [3.63, 3.8) is 0 Å². The maximum Gasteiger partial charge on any atom is -0.00255 e. The highest BCUT2D eigenvalue weighted by atomic mass is 32.3. The second-order valence-electron chi connectivity index (χ2n) is 11.8. The van der Waals surface area contributed by atoms with Crippen LogP contribution in [0.4, 0.5) is 0 Å². The zero-order chi connectivity index (χ0) is 27.0. The number of rotatable bonds is 4. The summed E-state index contributed by atoms with van der Waals surface area (Å²) in [7, 11) is -0.533. The van der Waals surface area contributed by atoms with Crippen molar-refractivity contribution in [1.29, 1.82) is 0 Å². The van der Waals surface area contributed by atoms with Crippen molar-refractivity contribution in [2.45, 2.75) is 24.7 Å². The van der Waals surface area contributed by atoms with E-state index in [0.717, 1.165) is 18.3 Å². The van der Waals surface area contributed by atoms with Crippen molar-refractivity contribution in [2.24, 2.45) is 11.8 Å². The van der Waals surface area contributed by atoms with E-state index in [1.165, 1.54) is 60.7 Å². The summed E-state index contributed by atoms with van der Waals surface area (Å²) in [6.45, 7) is 2.19. The van der Waals surface area contributed by atoms with Gasteiger partial charge in [-0.2, -0.15) is 0 Å². The highest BCUT2D eigenvalue weighted by Gasteiger charge is 2.39. The first-order chi connectivity index (χ1) is 18.9. The average Bonchev–Trinajstić information content (AvgIpc) is 3.74. The van der Waals surface area contributed by atoms with Crippen LogP contribution in [0.3, 0.4) is 0 Å². The van der Waals surface area contributed by atoms with Crippen molar-refractivity contribution >= 4 is 37.1 Å². The van der Waals surface area contributed by atoms with E-state index in [1.807, 2.05) is 0 Å². The highest BCUT2D eigenvalue weighted by Crippen LogP contribution is 2.51. The molecule has 2 atom stereocenters. The predicted molar refractivity (Wildman–Crippen MR) is 174 cm³/mol. The third-order valence-corrected chi connectivity index (χ3v) is 9.91. The summed E-state index contributed by atoms with van der Waals surface area (Å²) in [5.74, 6) is 1.57. The second-order valence-corrected chi connectivity index (χ2v) is 15.9. The second kappa shape index (κ2) is 10.5. The molecule has 2 unspecified atom stereocenters. The molecule has 0 spiro atoms. The minimum absolute atomic E-state index is 0.533. The van der Waals surface area contributed by atoms with Crippen molar-refractivity contribution in [1.82, 2.24) is 0 Å². The molecule has 5 aromatic rings. The summed E-state index contributed by atoms with van der Waals surface area (Å²) >= 11 is 0. The van der Waals surface area contributed by atoms with Crippen LogP contribution in [0.1, 0.15) is 28.7 Å². The van der Waals surface area contributed by atoms with Crippen LogP contribution in [0.2, 0.25) is 0 Å². The predicted octanol–water partition coefficient (Wildman–Crippen LogP) is 10.2. The molecule has 0 heterocycles. The molecule has 0 aliphatic heterocycles. The van der Waals surface area contributed by atoms with Gasteiger partial charge in [-0.25, -0.2) is 10.0 Å². The Kier molecular flexibility index (Phi) is 6.95. The van der Waals surface area contributed by atoms with E-state index in [2.05, 4.69) is 147 Å². The van der Waals surface area contributed by atoms with Gasteiger partial charge in [-0.05, 0) is 111 Å². The lowest BCUT2D eigenvalue weighted by atomic mass is 9.94. The lowest BCUT2D eigenvalue weighted by Crippen LogP contribution is -1.94. The summed E-state index contributed by atoms with van der Waals surface area (Å²) in [6.07, 6.45) is 16.2. The SMILES string of the molecule is C1=CC2CC2C(c2ccc(Cc3ccc4ccc5ccccc5c4c3)cc2)=C1.Cc1ccccc1S(C)(C)C. The number of allylic oxidation sites excluding steroid dienone is 4. The van der Waals surface area contributed by atoms with E-state index >= 15 is 0 Å². The first-order valence-corrected chi connectivity index (χ1v) is 16.8. The van der Waals surface area contributed by atoms with E-state index in [4.69, 9.17) is 0 Å². The lowest BCUT2D eigenvalue weighted by Gasteiger charge is -2.27. The van der Waals surface area contributed by atoms with E-state index in [-0.39, 0.29) is 0 Å². The number of hydrogen-bond acceptors (Lipinski definition) is 0. The number of hydrogen-bond donors (Lipinski definition) is 0. The van der Waals surface area contributed by atoms with E-state index in [9.17, 15) is 0 Å². The fraction of sp³-hybridized carbons (Fsp3) is 0.211. The lowest BCUT2D eigenvalue weighted by molar-refractivity contribution is 0.998. The smallest absolute Gasteiger partial charge is 0.00255 e. The molecule has 1 heteroatoms. The fourth-order valence-corrected chi connectivity index (χ4v) is 7.49. The van der Waals surface area contributed by atoms with Gasteiger partial charge in [-0.1, -0.05) is 115 Å². The van der Waals surface area contributed by atoms with Crippen LogP contribution >= 0.6 is 10.0 Å². The normalized spacial score (nSPS) is 18.2. The topological polar surface area (TPSA) is 0 Å². The third kappa shape index (κ3) is 5.60. The highest BCUT2D eigenvalue weighted by molar-refractivity contribution is 8.32. The molecule has 196 valence electrons. The van der Waals surface area contributed by atoms with Crippen LogP contribution < -0.4 is 0 Å². The van der Waals surface area contributed by atoms with Gasteiger partial charge in [0.1, 0.15) is 0 Å². The van der Waals surface area contributed by atoms with Gasteiger partial charge in [0, 0.05) is 0 Å². The van der Waals surface area contributed by atoms with Crippen LogP contribution in [-0.4, -0.2) is 18.8 Å². The molecule has 0 aromatic heterocycles. The summed E-state index contributed by atoms with van der Waals surface area (Å²) in [5.41, 5.74) is 7.10. The van der Waals surface area contributed by atoms with Crippen molar-refractivity contribution in [2.75, 3.05) is 18.8 Å². The Balaban J connectivity index is 0.000000213. The molecule has 1 fully saturated rings. The van der Waals surface area contributed by atoms with Crippen LogP contribution in [0.5, 0.6) is 0 Å². The average molecular weight is 527 g/mol. The largest absolute Gasteiger partial charge is 0.223 e. The van der Waals surface area contributed by atoms with Crippen molar-refractivity contribution < 1.29 is 0 Å². The molecule has 5 aromatic carbocycles. The van der Waals surface area contributed by atoms with E-state index in [1.54, 1.807) is 0 Å². The van der Waals surface area contributed by atoms with Gasteiger partial charge >= 0.3 is 0 Å². The summed E-state index contributed by atoms with van der Waals surface area (Å²) in [5, 5.41) is 5.32. The van der Waals surface area contributed by atoms with E-state index in [0.29, 0.717) is 0 Å². The maximum atomic E-state index is 2.37. The molecule has 0 radical (unpaired) electrons. The molecular formula is C38H38S. The zero-order valence-corrected chi connectivity index (χ0v) is 24.3. The Morgan fingerprint density at radius 3 is 2.10 bits per heavy atom. The number of fused-ring (bicyclic) bond motifs is 4. The maximum absolute atomic E-state index is 2.37. The summed E-state index contributed by atoms with van der Waals surface area (Å²) in [4.78, 5) is 1.53. The first kappa shape index (κ1) is 25.7. The quantitative estimate of drug-likeness (QED) is 0.204. The Labute approximate surface area is 235 Å². The number of benzene rings is 5.